The Morgan fingerprint density at radius 2 is 2.20 bits per heavy atom. The van der Waals surface area contributed by atoms with Gasteiger partial charge < -0.3 is 10.0 Å². The van der Waals surface area contributed by atoms with Crippen molar-refractivity contribution in [2.45, 2.75) is 18.8 Å². The summed E-state index contributed by atoms with van der Waals surface area (Å²) < 4.78 is 0. The Morgan fingerprint density at radius 1 is 1.40 bits per heavy atom. The van der Waals surface area contributed by atoms with E-state index < -0.39 is 0 Å². The second kappa shape index (κ2) is 5.24. The second-order valence-electron chi connectivity index (χ2n) is 4.13. The first-order chi connectivity index (χ1) is 7.40. The lowest BCUT2D eigenvalue weighted by atomic mass is 9.90. The van der Waals surface area contributed by atoms with Crippen LogP contribution in [0.3, 0.4) is 0 Å². The van der Waals surface area contributed by atoms with E-state index in [4.69, 9.17) is 5.11 Å². The van der Waals surface area contributed by atoms with Crippen molar-refractivity contribution >= 4 is 0 Å². The summed E-state index contributed by atoms with van der Waals surface area (Å²) in [5.41, 5.74) is 1.36. The van der Waals surface area contributed by atoms with Crippen LogP contribution >= 0.6 is 0 Å². The van der Waals surface area contributed by atoms with E-state index in [9.17, 15) is 0 Å². The number of pyridine rings is 1. The largest absolute Gasteiger partial charge is 0.395 e. The van der Waals surface area contributed by atoms with E-state index in [0.29, 0.717) is 5.92 Å². The Balaban J connectivity index is 1.88. The SMILES string of the molecule is OCCN1CCC(c2cccnc2)CC1. The van der Waals surface area contributed by atoms with E-state index in [1.54, 1.807) is 0 Å². The topological polar surface area (TPSA) is 36.4 Å². The van der Waals surface area contributed by atoms with Crippen LogP contribution in [0, 0.1) is 0 Å². The van der Waals surface area contributed by atoms with Gasteiger partial charge in [-0.3, -0.25) is 4.98 Å². The zero-order valence-corrected chi connectivity index (χ0v) is 8.97. The van der Waals surface area contributed by atoms with Gasteiger partial charge in [-0.1, -0.05) is 6.07 Å². The van der Waals surface area contributed by atoms with Crippen LogP contribution in [0.2, 0.25) is 0 Å². The molecule has 1 aliphatic heterocycles. The van der Waals surface area contributed by atoms with Gasteiger partial charge in [-0.25, -0.2) is 0 Å². The predicted octanol–water partition coefficient (Wildman–Crippen LogP) is 1.25. The summed E-state index contributed by atoms with van der Waals surface area (Å²) in [4.78, 5) is 6.49. The minimum absolute atomic E-state index is 0.275. The normalized spacial score (nSPS) is 19.3. The molecule has 0 aromatic carbocycles. The molecule has 2 heterocycles. The summed E-state index contributed by atoms with van der Waals surface area (Å²) >= 11 is 0. The number of rotatable bonds is 3. The third kappa shape index (κ3) is 2.76. The van der Waals surface area contributed by atoms with E-state index in [2.05, 4.69) is 16.0 Å². The Labute approximate surface area is 90.8 Å². The second-order valence-corrected chi connectivity index (χ2v) is 4.13. The van der Waals surface area contributed by atoms with Gasteiger partial charge in [0.25, 0.3) is 0 Å². The van der Waals surface area contributed by atoms with Crippen LogP contribution in [0.1, 0.15) is 24.3 Å². The Kier molecular flexibility index (Phi) is 3.69. The average molecular weight is 206 g/mol. The molecule has 0 amide bonds. The molecule has 1 aromatic rings. The van der Waals surface area contributed by atoms with Crippen LogP contribution in [-0.2, 0) is 0 Å². The van der Waals surface area contributed by atoms with Crippen LogP contribution in [0.4, 0.5) is 0 Å². The van der Waals surface area contributed by atoms with Crippen LogP contribution in [0.15, 0.2) is 24.5 Å². The number of hydrogen-bond donors (Lipinski definition) is 1. The Bertz CT molecular complexity index is 281. The third-order valence-electron chi connectivity index (χ3n) is 3.16. The van der Waals surface area contributed by atoms with E-state index in [1.807, 2.05) is 18.5 Å². The van der Waals surface area contributed by atoms with E-state index in [1.165, 1.54) is 18.4 Å². The van der Waals surface area contributed by atoms with Crippen molar-refractivity contribution in [3.8, 4) is 0 Å². The maximum atomic E-state index is 8.85. The lowest BCUT2D eigenvalue weighted by molar-refractivity contribution is 0.164. The van der Waals surface area contributed by atoms with Crippen molar-refractivity contribution in [1.82, 2.24) is 9.88 Å². The number of hydrogen-bond acceptors (Lipinski definition) is 3. The van der Waals surface area contributed by atoms with Gasteiger partial charge in [0.2, 0.25) is 0 Å². The highest BCUT2D eigenvalue weighted by molar-refractivity contribution is 5.15. The number of β-amino-alcohol motifs (C(OH)–C–C–N with tert-alkyl or cyclic N) is 1. The number of nitrogens with zero attached hydrogens (tertiary/aromatic N) is 2. The standard InChI is InChI=1S/C12H18N2O/c15-9-8-14-6-3-11(4-7-14)12-2-1-5-13-10-12/h1-2,5,10-11,15H,3-4,6-9H2. The molecule has 1 aliphatic rings. The first-order valence-electron chi connectivity index (χ1n) is 5.63. The maximum Gasteiger partial charge on any atom is 0.0558 e. The predicted molar refractivity (Wildman–Crippen MR) is 59.7 cm³/mol. The third-order valence-corrected chi connectivity index (χ3v) is 3.16. The summed E-state index contributed by atoms with van der Waals surface area (Å²) in [5.74, 6) is 0.661. The van der Waals surface area contributed by atoms with Gasteiger partial charge in [-0.05, 0) is 43.5 Å². The number of aliphatic hydroxyl groups excluding tert-OH is 1. The van der Waals surface area contributed by atoms with E-state index >= 15 is 0 Å². The summed E-state index contributed by atoms with van der Waals surface area (Å²) in [6, 6.07) is 4.18. The molecule has 15 heavy (non-hydrogen) atoms. The van der Waals surface area contributed by atoms with Crippen LogP contribution in [0.5, 0.6) is 0 Å². The van der Waals surface area contributed by atoms with Crippen molar-refractivity contribution in [3.63, 3.8) is 0 Å². The highest BCUT2D eigenvalue weighted by Gasteiger charge is 2.19. The van der Waals surface area contributed by atoms with Gasteiger partial charge in [-0.15, -0.1) is 0 Å². The van der Waals surface area contributed by atoms with Crippen molar-refractivity contribution in [3.05, 3.63) is 30.1 Å². The highest BCUT2D eigenvalue weighted by atomic mass is 16.3. The van der Waals surface area contributed by atoms with Crippen LogP contribution in [-0.4, -0.2) is 41.2 Å². The van der Waals surface area contributed by atoms with Crippen LogP contribution in [0.25, 0.3) is 0 Å². The minimum Gasteiger partial charge on any atom is -0.395 e. The lowest BCUT2D eigenvalue weighted by Crippen LogP contribution is -2.34. The fraction of sp³-hybridized carbons (Fsp3) is 0.583. The van der Waals surface area contributed by atoms with Gasteiger partial charge in [-0.2, -0.15) is 0 Å². The molecule has 0 bridgehead atoms. The molecule has 3 nitrogen and oxygen atoms in total. The van der Waals surface area contributed by atoms with Crippen molar-refractivity contribution in [2.75, 3.05) is 26.2 Å². The van der Waals surface area contributed by atoms with E-state index in [0.717, 1.165) is 19.6 Å². The zero-order valence-electron chi connectivity index (χ0n) is 8.97. The average Bonchev–Trinajstić information content (AvgIpc) is 2.32. The quantitative estimate of drug-likeness (QED) is 0.808. The van der Waals surface area contributed by atoms with Gasteiger partial charge in [0, 0.05) is 18.9 Å². The molecule has 82 valence electrons. The molecule has 0 unspecified atom stereocenters. The molecule has 2 rings (SSSR count). The number of piperidine rings is 1. The van der Waals surface area contributed by atoms with Crippen LogP contribution < -0.4 is 0 Å². The zero-order chi connectivity index (χ0) is 10.5. The molecule has 0 radical (unpaired) electrons. The first kappa shape index (κ1) is 10.6. The number of aliphatic hydroxyl groups is 1. The van der Waals surface area contributed by atoms with E-state index in [-0.39, 0.29) is 6.61 Å². The summed E-state index contributed by atoms with van der Waals surface area (Å²) in [6.45, 7) is 3.29. The van der Waals surface area contributed by atoms with Gasteiger partial charge in [0.15, 0.2) is 0 Å². The monoisotopic (exact) mass is 206 g/mol. The number of aromatic nitrogens is 1. The Hall–Kier alpha value is -0.930. The van der Waals surface area contributed by atoms with Crippen molar-refractivity contribution in [1.29, 1.82) is 0 Å². The molecule has 3 heteroatoms. The molecule has 0 spiro atoms. The summed E-state index contributed by atoms with van der Waals surface area (Å²) in [7, 11) is 0. The van der Waals surface area contributed by atoms with Gasteiger partial charge >= 0.3 is 0 Å². The fourth-order valence-corrected chi connectivity index (χ4v) is 2.25. The molecule has 1 fully saturated rings. The molecule has 0 atom stereocenters. The van der Waals surface area contributed by atoms with Gasteiger partial charge in [0.1, 0.15) is 0 Å². The maximum absolute atomic E-state index is 8.85. The molecule has 0 aliphatic carbocycles. The molecular weight excluding hydrogens is 188 g/mol. The summed E-state index contributed by atoms with van der Waals surface area (Å²) in [6.07, 6.45) is 6.17. The molecular formula is C12H18N2O. The molecule has 1 aromatic heterocycles. The molecule has 0 saturated carbocycles. The lowest BCUT2D eigenvalue weighted by Gasteiger charge is -2.31. The van der Waals surface area contributed by atoms with Crippen molar-refractivity contribution < 1.29 is 5.11 Å². The van der Waals surface area contributed by atoms with Gasteiger partial charge in [0.05, 0.1) is 6.61 Å². The summed E-state index contributed by atoms with van der Waals surface area (Å²) in [5, 5.41) is 8.85. The highest BCUT2D eigenvalue weighted by Crippen LogP contribution is 2.26. The smallest absolute Gasteiger partial charge is 0.0558 e. The minimum atomic E-state index is 0.275. The number of likely N-dealkylation sites (tertiary alicyclic amines) is 1. The molecule has 1 saturated heterocycles. The fourth-order valence-electron chi connectivity index (χ4n) is 2.25. The Morgan fingerprint density at radius 3 is 2.80 bits per heavy atom. The first-order valence-corrected chi connectivity index (χ1v) is 5.63. The van der Waals surface area contributed by atoms with Crippen molar-refractivity contribution in [2.24, 2.45) is 0 Å². The molecule has 1 N–H and O–H groups in total.